The van der Waals surface area contributed by atoms with Crippen LogP contribution in [0.5, 0.6) is 0 Å². The van der Waals surface area contributed by atoms with Crippen molar-refractivity contribution in [3.8, 4) is 9.75 Å². The fourth-order valence-electron chi connectivity index (χ4n) is 8.83. The molecule has 2 aromatic carbocycles. The highest BCUT2D eigenvalue weighted by Gasteiger charge is 2.50. The molecule has 2 unspecified atom stereocenters. The lowest BCUT2D eigenvalue weighted by Crippen LogP contribution is -2.34. The minimum Gasteiger partial charge on any atom is -0.363 e. The SMILES string of the molecule is CCCCC(CC)CN(CC(CC)CCCC)c1cc2c(s1)-c1sccc1C2(c1cc(C(C)(C)C)cc(C(C)(C)C)c1)c1cc(C(C)(C)C)cc(C(C)(C)C)c1. The van der Waals surface area contributed by atoms with Crippen molar-refractivity contribution in [1.82, 2.24) is 0 Å². The van der Waals surface area contributed by atoms with Crippen molar-refractivity contribution in [2.24, 2.45) is 11.8 Å². The Labute approximate surface area is 353 Å². The maximum atomic E-state index is 2.87. The first-order valence-electron chi connectivity index (χ1n) is 22.4. The summed E-state index contributed by atoms with van der Waals surface area (Å²) in [5.74, 6) is 1.43. The molecular formula is C53H79NS2. The Kier molecular flexibility index (Phi) is 13.7. The van der Waals surface area contributed by atoms with Crippen molar-refractivity contribution < 1.29 is 0 Å². The molecule has 1 nitrogen and oxygen atoms in total. The zero-order valence-electron chi connectivity index (χ0n) is 38.7. The van der Waals surface area contributed by atoms with E-state index in [0.29, 0.717) is 11.8 Å². The lowest BCUT2D eigenvalue weighted by Gasteiger charge is -2.38. The summed E-state index contributed by atoms with van der Waals surface area (Å²) in [6.07, 6.45) is 10.3. The maximum absolute atomic E-state index is 2.87. The number of fused-ring (bicyclic) bond motifs is 3. The van der Waals surface area contributed by atoms with Crippen molar-refractivity contribution in [3.05, 3.63) is 98.4 Å². The second kappa shape index (κ2) is 17.1. The summed E-state index contributed by atoms with van der Waals surface area (Å²) in [4.78, 5) is 5.84. The third kappa shape index (κ3) is 9.25. The predicted molar refractivity (Wildman–Crippen MR) is 253 cm³/mol. The zero-order valence-corrected chi connectivity index (χ0v) is 40.3. The van der Waals surface area contributed by atoms with Crippen LogP contribution >= 0.6 is 22.7 Å². The highest BCUT2D eigenvalue weighted by Crippen LogP contribution is 2.62. The van der Waals surface area contributed by atoms with E-state index in [-0.39, 0.29) is 21.7 Å². The molecule has 0 aliphatic heterocycles. The van der Waals surface area contributed by atoms with Gasteiger partial charge in [0.2, 0.25) is 0 Å². The molecule has 4 aromatic rings. The van der Waals surface area contributed by atoms with E-state index in [0.717, 1.165) is 13.1 Å². The van der Waals surface area contributed by atoms with Crippen molar-refractivity contribution in [1.29, 1.82) is 0 Å². The van der Waals surface area contributed by atoms with E-state index >= 15 is 0 Å². The first-order chi connectivity index (χ1) is 26.1. The van der Waals surface area contributed by atoms with Gasteiger partial charge in [-0.3, -0.25) is 0 Å². The number of benzene rings is 2. The summed E-state index contributed by atoms with van der Waals surface area (Å²) in [5.41, 5.74) is 11.2. The molecule has 0 saturated carbocycles. The number of rotatable bonds is 15. The van der Waals surface area contributed by atoms with Gasteiger partial charge in [0.25, 0.3) is 0 Å². The molecule has 0 amide bonds. The van der Waals surface area contributed by atoms with E-state index < -0.39 is 5.41 Å². The van der Waals surface area contributed by atoms with E-state index in [2.05, 4.69) is 181 Å². The first kappa shape index (κ1) is 44.7. The van der Waals surface area contributed by atoms with Gasteiger partial charge in [-0.25, -0.2) is 0 Å². The Bertz CT molecular complexity index is 1750. The van der Waals surface area contributed by atoms with Gasteiger partial charge >= 0.3 is 0 Å². The molecule has 56 heavy (non-hydrogen) atoms. The standard InChI is InChI=1S/C53H79NS2/c1-17-21-23-36(19-3)34-54(35-37(20-4)24-22-18-2)46-33-45-48(56-46)47-44(25-26-55-47)53(45,42-29-38(49(5,6)7)27-39(30-42)50(8,9)10)43-31-40(51(11,12)13)28-41(32-43)52(14,15)16/h25-33,36-37H,17-24,34-35H2,1-16H3. The van der Waals surface area contributed by atoms with Crippen LogP contribution in [0.15, 0.2) is 53.9 Å². The van der Waals surface area contributed by atoms with Crippen LogP contribution in [0.2, 0.25) is 0 Å². The van der Waals surface area contributed by atoms with Gasteiger partial charge in [0.15, 0.2) is 0 Å². The number of nitrogens with zero attached hydrogens (tertiary/aromatic N) is 1. The molecule has 1 aliphatic rings. The van der Waals surface area contributed by atoms with Crippen molar-refractivity contribution >= 4 is 27.7 Å². The second-order valence-electron chi connectivity index (χ2n) is 21.6. The zero-order chi connectivity index (χ0) is 41.4. The molecule has 0 saturated heterocycles. The summed E-state index contributed by atoms with van der Waals surface area (Å²) in [6.45, 7) is 40.6. The van der Waals surface area contributed by atoms with Crippen molar-refractivity contribution in [2.75, 3.05) is 18.0 Å². The Hall–Kier alpha value is -2.36. The van der Waals surface area contributed by atoms with Gasteiger partial charge < -0.3 is 4.90 Å². The Morgan fingerprint density at radius 1 is 0.536 bits per heavy atom. The Morgan fingerprint density at radius 3 is 1.30 bits per heavy atom. The van der Waals surface area contributed by atoms with Crippen LogP contribution in [0.3, 0.4) is 0 Å². The average Bonchev–Trinajstić information content (AvgIpc) is 3.83. The van der Waals surface area contributed by atoms with Crippen LogP contribution in [0.25, 0.3) is 9.75 Å². The van der Waals surface area contributed by atoms with Crippen molar-refractivity contribution in [3.63, 3.8) is 0 Å². The highest BCUT2D eigenvalue weighted by atomic mass is 32.1. The molecule has 0 bridgehead atoms. The number of hydrogen-bond acceptors (Lipinski definition) is 3. The van der Waals surface area contributed by atoms with Crippen LogP contribution in [0, 0.1) is 11.8 Å². The van der Waals surface area contributed by atoms with E-state index in [1.165, 1.54) is 111 Å². The van der Waals surface area contributed by atoms with E-state index in [1.54, 1.807) is 0 Å². The lowest BCUT2D eigenvalue weighted by atomic mass is 9.64. The second-order valence-corrected chi connectivity index (χ2v) is 23.5. The summed E-state index contributed by atoms with van der Waals surface area (Å²) in [5, 5.41) is 3.86. The number of anilines is 1. The molecule has 0 spiro atoms. The molecular weight excluding hydrogens is 715 g/mol. The van der Waals surface area contributed by atoms with Crippen LogP contribution < -0.4 is 4.90 Å². The number of thiophene rings is 2. The topological polar surface area (TPSA) is 3.24 Å². The van der Waals surface area contributed by atoms with Crippen LogP contribution in [0.4, 0.5) is 5.00 Å². The smallest absolute Gasteiger partial charge is 0.0918 e. The molecule has 0 radical (unpaired) electrons. The van der Waals surface area contributed by atoms with Gasteiger partial charge in [-0.05, 0) is 108 Å². The molecule has 2 atom stereocenters. The monoisotopic (exact) mass is 794 g/mol. The molecule has 308 valence electrons. The maximum Gasteiger partial charge on any atom is 0.0918 e. The largest absolute Gasteiger partial charge is 0.363 e. The minimum absolute atomic E-state index is 0.0118. The number of hydrogen-bond donors (Lipinski definition) is 0. The summed E-state index contributed by atoms with van der Waals surface area (Å²) >= 11 is 4.06. The fourth-order valence-corrected chi connectivity index (χ4v) is 11.2. The van der Waals surface area contributed by atoms with E-state index in [9.17, 15) is 0 Å². The van der Waals surface area contributed by atoms with Gasteiger partial charge in [-0.1, -0.05) is 186 Å². The van der Waals surface area contributed by atoms with Crippen LogP contribution in [-0.2, 0) is 27.1 Å². The summed E-state index contributed by atoms with van der Waals surface area (Å²) in [6, 6.07) is 20.6. The van der Waals surface area contributed by atoms with Gasteiger partial charge in [-0.2, -0.15) is 0 Å². The molecule has 2 aromatic heterocycles. The Balaban J connectivity index is 1.91. The van der Waals surface area contributed by atoms with E-state index in [4.69, 9.17) is 0 Å². The van der Waals surface area contributed by atoms with Gasteiger partial charge in [0, 0.05) is 18.0 Å². The molecule has 5 rings (SSSR count). The van der Waals surface area contributed by atoms with Crippen LogP contribution in [0.1, 0.15) is 207 Å². The fraction of sp³-hybridized carbons (Fsp3) is 0.623. The summed E-state index contributed by atoms with van der Waals surface area (Å²) in [7, 11) is 0. The third-order valence-corrected chi connectivity index (χ3v) is 15.2. The molecule has 0 N–H and O–H groups in total. The van der Waals surface area contributed by atoms with Gasteiger partial charge in [-0.15, -0.1) is 22.7 Å². The first-order valence-corrected chi connectivity index (χ1v) is 24.1. The summed E-state index contributed by atoms with van der Waals surface area (Å²) < 4.78 is 0. The van der Waals surface area contributed by atoms with Gasteiger partial charge in [0.05, 0.1) is 15.3 Å². The third-order valence-electron chi connectivity index (χ3n) is 13.0. The average molecular weight is 794 g/mol. The number of unbranched alkanes of at least 4 members (excludes halogenated alkanes) is 2. The Morgan fingerprint density at radius 2 is 0.946 bits per heavy atom. The van der Waals surface area contributed by atoms with Gasteiger partial charge in [0.1, 0.15) is 0 Å². The normalized spacial score (nSPS) is 15.5. The molecule has 2 heterocycles. The van der Waals surface area contributed by atoms with E-state index in [1.807, 2.05) is 11.3 Å². The highest BCUT2D eigenvalue weighted by molar-refractivity contribution is 7.24. The minimum atomic E-state index is -0.424. The molecule has 1 aliphatic carbocycles. The predicted octanol–water partition coefficient (Wildman–Crippen LogP) is 16.6. The quantitative estimate of drug-likeness (QED) is 0.102. The lowest BCUT2D eigenvalue weighted by molar-refractivity contribution is 0.404. The van der Waals surface area contributed by atoms with Crippen molar-refractivity contribution in [2.45, 2.75) is 189 Å². The molecule has 3 heteroatoms. The van der Waals surface area contributed by atoms with Crippen LogP contribution in [-0.4, -0.2) is 13.1 Å². The molecule has 0 fully saturated rings.